The Kier molecular flexibility index (Phi) is 6.36. The Morgan fingerprint density at radius 1 is 1.12 bits per heavy atom. The van der Waals surface area contributed by atoms with Crippen LogP contribution in [0.5, 0.6) is 0 Å². The SMILES string of the molecule is Cc1ccc(C(=O)Nc2cccc(CCC(=O)N(C)C)c2)cc1I. The molecule has 0 unspecified atom stereocenters. The summed E-state index contributed by atoms with van der Waals surface area (Å²) in [6.45, 7) is 2.02. The summed E-state index contributed by atoms with van der Waals surface area (Å²) in [5.74, 6) is -0.0342. The maximum atomic E-state index is 12.4. The van der Waals surface area contributed by atoms with Crippen LogP contribution in [0.1, 0.15) is 27.9 Å². The number of anilines is 1. The Morgan fingerprint density at radius 3 is 2.54 bits per heavy atom. The third-order valence-corrected chi connectivity index (χ3v) is 4.91. The number of rotatable bonds is 5. The second kappa shape index (κ2) is 8.28. The molecule has 0 atom stereocenters. The van der Waals surface area contributed by atoms with Crippen LogP contribution in [-0.4, -0.2) is 30.8 Å². The number of nitrogens with one attached hydrogen (secondary N) is 1. The van der Waals surface area contributed by atoms with Gasteiger partial charge < -0.3 is 10.2 Å². The number of amides is 2. The second-order valence-corrected chi connectivity index (χ2v) is 7.07. The van der Waals surface area contributed by atoms with Crippen molar-refractivity contribution in [3.63, 3.8) is 0 Å². The molecule has 0 spiro atoms. The largest absolute Gasteiger partial charge is 0.349 e. The summed E-state index contributed by atoms with van der Waals surface area (Å²) in [7, 11) is 3.50. The van der Waals surface area contributed by atoms with Crippen LogP contribution < -0.4 is 5.32 Å². The van der Waals surface area contributed by atoms with E-state index in [0.717, 1.165) is 20.4 Å². The van der Waals surface area contributed by atoms with Crippen molar-refractivity contribution >= 4 is 40.1 Å². The van der Waals surface area contributed by atoms with Gasteiger partial charge in [-0.1, -0.05) is 18.2 Å². The lowest BCUT2D eigenvalue weighted by Gasteiger charge is -2.11. The number of benzene rings is 2. The molecule has 24 heavy (non-hydrogen) atoms. The monoisotopic (exact) mass is 436 g/mol. The minimum Gasteiger partial charge on any atom is -0.349 e. The van der Waals surface area contributed by atoms with Gasteiger partial charge in [0.25, 0.3) is 5.91 Å². The molecule has 0 aromatic heterocycles. The summed E-state index contributed by atoms with van der Waals surface area (Å²) >= 11 is 2.23. The van der Waals surface area contributed by atoms with Crippen LogP contribution in [0.15, 0.2) is 42.5 Å². The van der Waals surface area contributed by atoms with Crippen LogP contribution in [0.2, 0.25) is 0 Å². The van der Waals surface area contributed by atoms with Gasteiger partial charge in [-0.15, -0.1) is 0 Å². The van der Waals surface area contributed by atoms with Gasteiger partial charge in [0.2, 0.25) is 5.91 Å². The molecule has 0 heterocycles. The van der Waals surface area contributed by atoms with Crippen molar-refractivity contribution < 1.29 is 9.59 Å². The van der Waals surface area contributed by atoms with Gasteiger partial charge in [-0.3, -0.25) is 9.59 Å². The average Bonchev–Trinajstić information content (AvgIpc) is 2.55. The molecular weight excluding hydrogens is 415 g/mol. The molecule has 0 aliphatic heterocycles. The van der Waals surface area contributed by atoms with Crippen molar-refractivity contribution in [2.24, 2.45) is 0 Å². The highest BCUT2D eigenvalue weighted by molar-refractivity contribution is 14.1. The van der Waals surface area contributed by atoms with Crippen molar-refractivity contribution in [1.29, 1.82) is 0 Å². The molecule has 0 radical (unpaired) electrons. The molecule has 0 saturated carbocycles. The molecule has 0 bridgehead atoms. The number of aryl methyl sites for hydroxylation is 2. The zero-order chi connectivity index (χ0) is 17.7. The third kappa shape index (κ3) is 5.06. The molecule has 2 rings (SSSR count). The first-order valence-electron chi connectivity index (χ1n) is 7.73. The molecule has 0 saturated heterocycles. The summed E-state index contributed by atoms with van der Waals surface area (Å²) in [6.07, 6.45) is 1.11. The zero-order valence-electron chi connectivity index (χ0n) is 14.1. The predicted molar refractivity (Wildman–Crippen MR) is 105 cm³/mol. The lowest BCUT2D eigenvalue weighted by Crippen LogP contribution is -2.21. The molecule has 2 amide bonds. The molecule has 0 aliphatic carbocycles. The Balaban J connectivity index is 2.04. The van der Waals surface area contributed by atoms with Crippen molar-refractivity contribution in [2.75, 3.05) is 19.4 Å². The number of halogens is 1. The standard InChI is InChI=1S/C19H21IN2O2/c1-13-7-9-15(12-17(13)20)19(24)21-16-6-4-5-14(11-16)8-10-18(23)22(2)3/h4-7,9,11-12H,8,10H2,1-3H3,(H,21,24). The van der Waals surface area contributed by atoms with E-state index in [9.17, 15) is 9.59 Å². The van der Waals surface area contributed by atoms with Crippen LogP contribution in [-0.2, 0) is 11.2 Å². The molecule has 2 aromatic rings. The van der Waals surface area contributed by atoms with E-state index in [2.05, 4.69) is 27.9 Å². The maximum Gasteiger partial charge on any atom is 0.255 e. The second-order valence-electron chi connectivity index (χ2n) is 5.91. The van der Waals surface area contributed by atoms with Crippen LogP contribution in [0.3, 0.4) is 0 Å². The molecule has 126 valence electrons. The predicted octanol–water partition coefficient (Wildman–Crippen LogP) is 3.87. The van der Waals surface area contributed by atoms with E-state index in [1.165, 1.54) is 0 Å². The Morgan fingerprint density at radius 2 is 1.88 bits per heavy atom. The first-order valence-corrected chi connectivity index (χ1v) is 8.81. The van der Waals surface area contributed by atoms with E-state index in [-0.39, 0.29) is 11.8 Å². The molecule has 2 aromatic carbocycles. The Hall–Kier alpha value is -1.89. The molecule has 0 fully saturated rings. The van der Waals surface area contributed by atoms with E-state index in [1.54, 1.807) is 19.0 Å². The quantitative estimate of drug-likeness (QED) is 0.724. The zero-order valence-corrected chi connectivity index (χ0v) is 16.3. The van der Waals surface area contributed by atoms with Gasteiger partial charge in [-0.25, -0.2) is 0 Å². The van der Waals surface area contributed by atoms with E-state index < -0.39 is 0 Å². The van der Waals surface area contributed by atoms with Crippen molar-refractivity contribution in [2.45, 2.75) is 19.8 Å². The summed E-state index contributed by atoms with van der Waals surface area (Å²) < 4.78 is 1.07. The highest BCUT2D eigenvalue weighted by Crippen LogP contribution is 2.17. The van der Waals surface area contributed by atoms with Gasteiger partial charge in [0.05, 0.1) is 0 Å². The third-order valence-electron chi connectivity index (χ3n) is 3.75. The number of hydrogen-bond donors (Lipinski definition) is 1. The molecule has 4 nitrogen and oxygen atoms in total. The first kappa shape index (κ1) is 18.4. The lowest BCUT2D eigenvalue weighted by molar-refractivity contribution is -0.128. The van der Waals surface area contributed by atoms with Gasteiger partial charge in [-0.2, -0.15) is 0 Å². The fraction of sp³-hybridized carbons (Fsp3) is 0.263. The topological polar surface area (TPSA) is 49.4 Å². The molecule has 0 aliphatic rings. The number of hydrogen-bond acceptors (Lipinski definition) is 2. The Bertz CT molecular complexity index is 757. The summed E-state index contributed by atoms with van der Waals surface area (Å²) in [4.78, 5) is 25.6. The summed E-state index contributed by atoms with van der Waals surface area (Å²) in [6, 6.07) is 13.3. The van der Waals surface area contributed by atoms with E-state index >= 15 is 0 Å². The van der Waals surface area contributed by atoms with E-state index in [1.807, 2.05) is 49.4 Å². The minimum absolute atomic E-state index is 0.0960. The number of carbonyl (C=O) groups excluding carboxylic acids is 2. The lowest BCUT2D eigenvalue weighted by atomic mass is 10.1. The molecule has 1 N–H and O–H groups in total. The molecular formula is C19H21IN2O2. The highest BCUT2D eigenvalue weighted by atomic mass is 127. The van der Waals surface area contributed by atoms with Gasteiger partial charge in [0.15, 0.2) is 0 Å². The minimum atomic E-state index is -0.130. The number of nitrogens with zero attached hydrogens (tertiary/aromatic N) is 1. The highest BCUT2D eigenvalue weighted by Gasteiger charge is 2.09. The van der Waals surface area contributed by atoms with Gasteiger partial charge >= 0.3 is 0 Å². The van der Waals surface area contributed by atoms with Crippen LogP contribution >= 0.6 is 22.6 Å². The van der Waals surface area contributed by atoms with Crippen molar-refractivity contribution in [3.8, 4) is 0 Å². The molecule has 5 heteroatoms. The average molecular weight is 436 g/mol. The maximum absolute atomic E-state index is 12.4. The summed E-state index contributed by atoms with van der Waals surface area (Å²) in [5, 5.41) is 2.92. The summed E-state index contributed by atoms with van der Waals surface area (Å²) in [5.41, 5.74) is 3.56. The van der Waals surface area contributed by atoms with Gasteiger partial charge in [-0.05, 0) is 71.3 Å². The first-order chi connectivity index (χ1) is 11.4. The fourth-order valence-corrected chi connectivity index (χ4v) is 2.73. The smallest absolute Gasteiger partial charge is 0.255 e. The van der Waals surface area contributed by atoms with E-state index in [0.29, 0.717) is 18.4 Å². The Labute approximate surface area is 156 Å². The van der Waals surface area contributed by atoms with Crippen LogP contribution in [0, 0.1) is 10.5 Å². The van der Waals surface area contributed by atoms with Gasteiger partial charge in [0.1, 0.15) is 0 Å². The normalized spacial score (nSPS) is 10.3. The van der Waals surface area contributed by atoms with Crippen LogP contribution in [0.25, 0.3) is 0 Å². The van der Waals surface area contributed by atoms with Crippen molar-refractivity contribution in [3.05, 3.63) is 62.7 Å². The van der Waals surface area contributed by atoms with E-state index in [4.69, 9.17) is 0 Å². The fourth-order valence-electron chi connectivity index (χ4n) is 2.22. The van der Waals surface area contributed by atoms with Crippen molar-refractivity contribution in [1.82, 2.24) is 4.90 Å². The number of carbonyl (C=O) groups is 2. The van der Waals surface area contributed by atoms with Gasteiger partial charge in [0, 0.05) is 35.3 Å². The van der Waals surface area contributed by atoms with Crippen LogP contribution in [0.4, 0.5) is 5.69 Å².